The van der Waals surface area contributed by atoms with Crippen molar-refractivity contribution in [1.82, 2.24) is 4.90 Å². The summed E-state index contributed by atoms with van der Waals surface area (Å²) in [6.07, 6.45) is 2.45. The van der Waals surface area contributed by atoms with Crippen LogP contribution in [0.2, 0.25) is 0 Å². The highest BCUT2D eigenvalue weighted by Crippen LogP contribution is 2.30. The molecule has 1 saturated heterocycles. The maximum atomic E-state index is 5.89. The predicted molar refractivity (Wildman–Crippen MR) is 128 cm³/mol. The van der Waals surface area contributed by atoms with Crippen molar-refractivity contribution in [2.75, 3.05) is 25.5 Å². The Bertz CT molecular complexity index is 869. The minimum absolute atomic E-state index is 0.672. The fourth-order valence-electron chi connectivity index (χ4n) is 3.92. The van der Waals surface area contributed by atoms with Gasteiger partial charge in [-0.2, -0.15) is 0 Å². The van der Waals surface area contributed by atoms with Crippen molar-refractivity contribution in [2.45, 2.75) is 39.2 Å². The van der Waals surface area contributed by atoms with Gasteiger partial charge >= 0.3 is 0 Å². The molecule has 0 bridgehead atoms. The van der Waals surface area contributed by atoms with Crippen LogP contribution in [0.4, 0.5) is 5.69 Å². The molecule has 0 spiro atoms. The standard InChI is InChI=1S/C25H28N2O.C2H6/c1-26-23-7-5-6-22(18-23)21-14-16-27(17-15-21)19-20-10-12-25(13-11-20)28-24-8-3-2-4-9-24;1-2/h2-13,18,21,26H,14-17,19H2,1H3;1-2H3. The first-order chi connectivity index (χ1) is 14.8. The molecule has 3 aromatic rings. The SMILES string of the molecule is CC.CNc1cccc(C2CCN(Cc3ccc(Oc4ccccc4)cc3)CC2)c1. The molecular formula is C27H34N2O. The Hall–Kier alpha value is -2.78. The van der Waals surface area contributed by atoms with Crippen molar-refractivity contribution in [2.24, 2.45) is 0 Å². The van der Waals surface area contributed by atoms with Crippen molar-refractivity contribution in [3.63, 3.8) is 0 Å². The van der Waals surface area contributed by atoms with Gasteiger partial charge in [0.05, 0.1) is 0 Å². The number of piperidine rings is 1. The molecule has 0 amide bonds. The van der Waals surface area contributed by atoms with E-state index >= 15 is 0 Å². The van der Waals surface area contributed by atoms with Crippen molar-refractivity contribution in [3.8, 4) is 11.5 Å². The summed E-state index contributed by atoms with van der Waals surface area (Å²) in [6.45, 7) is 7.31. The van der Waals surface area contributed by atoms with Gasteiger partial charge in [0.1, 0.15) is 11.5 Å². The lowest BCUT2D eigenvalue weighted by atomic mass is 9.89. The number of nitrogens with zero attached hydrogens (tertiary/aromatic N) is 1. The Morgan fingerprint density at radius 1 is 0.833 bits per heavy atom. The van der Waals surface area contributed by atoms with Crippen LogP contribution >= 0.6 is 0 Å². The van der Waals surface area contributed by atoms with E-state index in [0.29, 0.717) is 5.92 Å². The second kappa shape index (κ2) is 11.4. The minimum atomic E-state index is 0.672. The van der Waals surface area contributed by atoms with Crippen LogP contribution < -0.4 is 10.1 Å². The molecule has 1 aliphatic rings. The fraction of sp³-hybridized carbons (Fsp3) is 0.333. The fourth-order valence-corrected chi connectivity index (χ4v) is 3.92. The van der Waals surface area contributed by atoms with E-state index < -0.39 is 0 Å². The molecule has 3 aromatic carbocycles. The summed E-state index contributed by atoms with van der Waals surface area (Å²) in [5.41, 5.74) is 4.02. The summed E-state index contributed by atoms with van der Waals surface area (Å²) in [6, 6.07) is 27.3. The molecule has 0 radical (unpaired) electrons. The van der Waals surface area contributed by atoms with Gasteiger partial charge in [-0.15, -0.1) is 0 Å². The summed E-state index contributed by atoms with van der Waals surface area (Å²) in [5, 5.41) is 3.25. The highest BCUT2D eigenvalue weighted by molar-refractivity contribution is 5.46. The molecule has 0 atom stereocenters. The molecule has 0 aromatic heterocycles. The van der Waals surface area contributed by atoms with Gasteiger partial charge in [-0.25, -0.2) is 0 Å². The highest BCUT2D eigenvalue weighted by Gasteiger charge is 2.20. The van der Waals surface area contributed by atoms with Gasteiger partial charge in [-0.3, -0.25) is 4.90 Å². The molecule has 4 rings (SSSR count). The third kappa shape index (κ3) is 6.11. The Labute approximate surface area is 181 Å². The van der Waals surface area contributed by atoms with Crippen LogP contribution in [0.25, 0.3) is 0 Å². The van der Waals surface area contributed by atoms with E-state index in [1.165, 1.54) is 29.7 Å². The number of hydrogen-bond donors (Lipinski definition) is 1. The number of para-hydroxylation sites is 1. The maximum absolute atomic E-state index is 5.89. The first-order valence-electron chi connectivity index (χ1n) is 11.1. The predicted octanol–water partition coefficient (Wildman–Crippen LogP) is 6.93. The van der Waals surface area contributed by atoms with E-state index in [1.54, 1.807) is 0 Å². The van der Waals surface area contributed by atoms with Crippen molar-refractivity contribution in [3.05, 3.63) is 90.0 Å². The van der Waals surface area contributed by atoms with Crippen LogP contribution in [0.3, 0.4) is 0 Å². The Kier molecular flexibility index (Phi) is 8.34. The third-order valence-electron chi connectivity index (χ3n) is 5.54. The summed E-state index contributed by atoms with van der Waals surface area (Å²) in [7, 11) is 1.98. The van der Waals surface area contributed by atoms with E-state index in [9.17, 15) is 0 Å². The van der Waals surface area contributed by atoms with Gasteiger partial charge in [0, 0.05) is 19.3 Å². The largest absolute Gasteiger partial charge is 0.457 e. The van der Waals surface area contributed by atoms with E-state index in [4.69, 9.17) is 4.74 Å². The topological polar surface area (TPSA) is 24.5 Å². The number of benzene rings is 3. The average molecular weight is 403 g/mol. The zero-order chi connectivity index (χ0) is 21.2. The summed E-state index contributed by atoms with van der Waals surface area (Å²) < 4.78 is 5.89. The van der Waals surface area contributed by atoms with Gasteiger partial charge in [0.25, 0.3) is 0 Å². The zero-order valence-corrected chi connectivity index (χ0v) is 18.5. The van der Waals surface area contributed by atoms with E-state index in [0.717, 1.165) is 31.1 Å². The van der Waals surface area contributed by atoms with Gasteiger partial charge in [0.2, 0.25) is 0 Å². The average Bonchev–Trinajstić information content (AvgIpc) is 2.83. The molecule has 30 heavy (non-hydrogen) atoms. The van der Waals surface area contributed by atoms with Crippen LogP contribution in [0, 0.1) is 0 Å². The Balaban J connectivity index is 0.00000124. The monoisotopic (exact) mass is 402 g/mol. The smallest absolute Gasteiger partial charge is 0.127 e. The van der Waals surface area contributed by atoms with E-state index in [2.05, 4.69) is 58.7 Å². The van der Waals surface area contributed by atoms with Gasteiger partial charge in [0.15, 0.2) is 0 Å². The number of ether oxygens (including phenoxy) is 1. The Morgan fingerprint density at radius 2 is 1.50 bits per heavy atom. The van der Waals surface area contributed by atoms with Gasteiger partial charge in [-0.1, -0.05) is 56.3 Å². The van der Waals surface area contributed by atoms with Crippen molar-refractivity contribution in [1.29, 1.82) is 0 Å². The first-order valence-corrected chi connectivity index (χ1v) is 11.1. The molecular weight excluding hydrogens is 368 g/mol. The molecule has 0 aliphatic carbocycles. The number of anilines is 1. The molecule has 1 heterocycles. The molecule has 1 aliphatic heterocycles. The molecule has 1 N–H and O–H groups in total. The zero-order valence-electron chi connectivity index (χ0n) is 18.5. The summed E-state index contributed by atoms with van der Waals surface area (Å²) in [5.74, 6) is 2.43. The lowest BCUT2D eigenvalue weighted by Crippen LogP contribution is -2.32. The van der Waals surface area contributed by atoms with Crippen LogP contribution in [0.15, 0.2) is 78.9 Å². The molecule has 3 heteroatoms. The first kappa shape index (κ1) is 21.9. The van der Waals surface area contributed by atoms with Crippen LogP contribution in [0.1, 0.15) is 43.7 Å². The number of nitrogens with one attached hydrogen (secondary N) is 1. The Morgan fingerprint density at radius 3 is 2.17 bits per heavy atom. The highest BCUT2D eigenvalue weighted by atomic mass is 16.5. The van der Waals surface area contributed by atoms with Crippen molar-refractivity contribution >= 4 is 5.69 Å². The van der Waals surface area contributed by atoms with E-state index in [1.807, 2.05) is 51.2 Å². The number of rotatable bonds is 6. The normalized spacial score (nSPS) is 14.5. The van der Waals surface area contributed by atoms with E-state index in [-0.39, 0.29) is 0 Å². The minimum Gasteiger partial charge on any atom is -0.457 e. The van der Waals surface area contributed by atoms with Crippen LogP contribution in [-0.2, 0) is 6.54 Å². The number of likely N-dealkylation sites (tertiary alicyclic amines) is 1. The molecule has 3 nitrogen and oxygen atoms in total. The number of hydrogen-bond acceptors (Lipinski definition) is 3. The summed E-state index contributed by atoms with van der Waals surface area (Å²) in [4.78, 5) is 2.56. The third-order valence-corrected chi connectivity index (χ3v) is 5.54. The molecule has 0 saturated carbocycles. The lowest BCUT2D eigenvalue weighted by Gasteiger charge is -2.32. The molecule has 0 unspecified atom stereocenters. The molecule has 158 valence electrons. The van der Waals surface area contributed by atoms with Gasteiger partial charge < -0.3 is 10.1 Å². The maximum Gasteiger partial charge on any atom is 0.127 e. The van der Waals surface area contributed by atoms with Crippen molar-refractivity contribution < 1.29 is 4.74 Å². The van der Waals surface area contributed by atoms with Crippen LogP contribution in [0.5, 0.6) is 11.5 Å². The molecule has 1 fully saturated rings. The summed E-state index contributed by atoms with van der Waals surface area (Å²) >= 11 is 0. The van der Waals surface area contributed by atoms with Gasteiger partial charge in [-0.05, 0) is 79.4 Å². The second-order valence-corrected chi connectivity index (χ2v) is 7.48. The second-order valence-electron chi connectivity index (χ2n) is 7.48. The van der Waals surface area contributed by atoms with Crippen LogP contribution in [-0.4, -0.2) is 25.0 Å². The lowest BCUT2D eigenvalue weighted by molar-refractivity contribution is 0.204. The quantitative estimate of drug-likeness (QED) is 0.484.